The number of esters is 1. The Balaban J connectivity index is 1.88. The molecule has 9 heteroatoms. The molecule has 1 aromatic rings. The van der Waals surface area contributed by atoms with Crippen molar-refractivity contribution in [3.8, 4) is 0 Å². The first-order valence-corrected chi connectivity index (χ1v) is 13.7. The highest BCUT2D eigenvalue weighted by Gasteiger charge is 2.48. The molecule has 1 amide bonds. The van der Waals surface area contributed by atoms with E-state index in [1.54, 1.807) is 25.7 Å². The number of Topliss-reactive ketones (excluding diaryl/α,β-unsaturated/α-hetero) is 1. The monoisotopic (exact) mass is 520 g/mol. The molecule has 0 radical (unpaired) electrons. The van der Waals surface area contributed by atoms with E-state index < -0.39 is 35.6 Å². The van der Waals surface area contributed by atoms with Gasteiger partial charge in [-0.05, 0) is 44.3 Å². The van der Waals surface area contributed by atoms with Crippen LogP contribution in [0.15, 0.2) is 11.0 Å². The molecule has 8 nitrogen and oxygen atoms in total. The second kappa shape index (κ2) is 11.5. The number of aliphatic hydroxyl groups excluding tert-OH is 2. The van der Waals surface area contributed by atoms with Gasteiger partial charge in [0, 0.05) is 17.7 Å². The summed E-state index contributed by atoms with van der Waals surface area (Å²) in [7, 11) is 0. The molecule has 2 fully saturated rings. The number of aliphatic hydroxyl groups is 2. The number of carbonyl (C=O) groups is 3. The number of carbonyl (C=O) groups excluding carboxylic acids is 3. The fourth-order valence-electron chi connectivity index (χ4n) is 5.29. The first-order valence-electron chi connectivity index (χ1n) is 12.8. The number of fused-ring (bicyclic) bond motifs is 1. The van der Waals surface area contributed by atoms with Gasteiger partial charge in [-0.3, -0.25) is 14.4 Å². The van der Waals surface area contributed by atoms with E-state index >= 15 is 0 Å². The van der Waals surface area contributed by atoms with Crippen LogP contribution >= 0.6 is 11.3 Å². The third-order valence-electron chi connectivity index (χ3n) is 7.99. The lowest BCUT2D eigenvalue weighted by atomic mass is 9.73. The molecule has 2 aliphatic rings. The molecule has 2 saturated heterocycles. The second-order valence-electron chi connectivity index (χ2n) is 11.1. The number of ether oxygens (including phenoxy) is 1. The van der Waals surface area contributed by atoms with Gasteiger partial charge in [-0.1, -0.05) is 34.1 Å². The SMILES string of the molecule is CC(=Cc1csc(C)n1)[C@@H]1C[C@H]2[C@@H](CCC[C@H](C)[C@H](O)[C@@H](C)C(=O)C(C)(C)[C@@H](O)CC(=O)O1)N2C=O. The van der Waals surface area contributed by atoms with Gasteiger partial charge in [0.25, 0.3) is 0 Å². The summed E-state index contributed by atoms with van der Waals surface area (Å²) in [5.41, 5.74) is 0.359. The predicted octanol–water partition coefficient (Wildman–Crippen LogP) is 3.53. The van der Waals surface area contributed by atoms with Crippen molar-refractivity contribution in [3.63, 3.8) is 0 Å². The molecule has 2 N–H and O–H groups in total. The van der Waals surface area contributed by atoms with Crippen molar-refractivity contribution in [3.05, 3.63) is 21.7 Å². The van der Waals surface area contributed by atoms with Gasteiger partial charge < -0.3 is 19.8 Å². The number of nitrogens with zero attached hydrogens (tertiary/aromatic N) is 2. The van der Waals surface area contributed by atoms with Crippen molar-refractivity contribution < 1.29 is 29.3 Å². The van der Waals surface area contributed by atoms with Crippen LogP contribution < -0.4 is 0 Å². The minimum absolute atomic E-state index is 0.0455. The number of rotatable bonds is 3. The molecule has 200 valence electrons. The molecule has 0 unspecified atom stereocenters. The molecule has 0 spiro atoms. The molecular formula is C27H40N2O6S. The van der Waals surface area contributed by atoms with Gasteiger partial charge in [-0.15, -0.1) is 11.3 Å². The van der Waals surface area contributed by atoms with Crippen LogP contribution in [-0.4, -0.2) is 68.7 Å². The third kappa shape index (κ3) is 6.42. The van der Waals surface area contributed by atoms with Crippen LogP contribution in [0.2, 0.25) is 0 Å². The Hall–Kier alpha value is -2.10. The van der Waals surface area contributed by atoms with E-state index in [9.17, 15) is 24.6 Å². The van der Waals surface area contributed by atoms with Crippen molar-refractivity contribution >= 4 is 35.6 Å². The van der Waals surface area contributed by atoms with E-state index in [0.717, 1.165) is 41.9 Å². The van der Waals surface area contributed by atoms with E-state index in [4.69, 9.17) is 4.74 Å². The molecule has 36 heavy (non-hydrogen) atoms. The number of thiazole rings is 1. The number of hydrogen-bond acceptors (Lipinski definition) is 8. The van der Waals surface area contributed by atoms with Gasteiger partial charge >= 0.3 is 5.97 Å². The van der Waals surface area contributed by atoms with Crippen molar-refractivity contribution in [2.75, 3.05) is 0 Å². The summed E-state index contributed by atoms with van der Waals surface area (Å²) in [6.07, 6.45) is 2.43. The molecule has 0 saturated carbocycles. The Labute approximate surface area is 217 Å². The number of ketones is 1. The Bertz CT molecular complexity index is 989. The Kier molecular flexibility index (Phi) is 9.11. The molecule has 1 aromatic heterocycles. The molecule has 3 heterocycles. The van der Waals surface area contributed by atoms with Crippen LogP contribution in [0.4, 0.5) is 0 Å². The predicted molar refractivity (Wildman–Crippen MR) is 138 cm³/mol. The van der Waals surface area contributed by atoms with Gasteiger partial charge in [0.1, 0.15) is 11.9 Å². The smallest absolute Gasteiger partial charge is 0.309 e. The summed E-state index contributed by atoms with van der Waals surface area (Å²) in [5, 5.41) is 24.6. The first kappa shape index (κ1) is 28.5. The van der Waals surface area contributed by atoms with Crippen molar-refractivity contribution in [1.82, 2.24) is 9.88 Å². The average Bonchev–Trinajstić information content (AvgIpc) is 3.32. The molecule has 3 rings (SSSR count). The highest BCUT2D eigenvalue weighted by atomic mass is 32.1. The van der Waals surface area contributed by atoms with Crippen LogP contribution in [0.1, 0.15) is 77.4 Å². The number of aryl methyl sites for hydroxylation is 1. The van der Waals surface area contributed by atoms with E-state index in [-0.39, 0.29) is 30.2 Å². The Morgan fingerprint density at radius 3 is 2.53 bits per heavy atom. The maximum atomic E-state index is 13.2. The first-order chi connectivity index (χ1) is 16.9. The summed E-state index contributed by atoms with van der Waals surface area (Å²) >= 11 is 1.53. The summed E-state index contributed by atoms with van der Waals surface area (Å²) in [6.45, 7) is 10.6. The van der Waals surface area contributed by atoms with Gasteiger partial charge in [0.2, 0.25) is 6.41 Å². The fourth-order valence-corrected chi connectivity index (χ4v) is 5.86. The van der Waals surface area contributed by atoms with Crippen molar-refractivity contribution in [2.45, 2.75) is 104 Å². The molecule has 0 aliphatic carbocycles. The zero-order chi connectivity index (χ0) is 26.8. The lowest BCUT2D eigenvalue weighted by molar-refractivity contribution is -0.154. The Morgan fingerprint density at radius 1 is 1.22 bits per heavy atom. The summed E-state index contributed by atoms with van der Waals surface area (Å²) < 4.78 is 5.85. The van der Waals surface area contributed by atoms with Gasteiger partial charge in [0.15, 0.2) is 0 Å². The topological polar surface area (TPSA) is 117 Å². The van der Waals surface area contributed by atoms with E-state index in [0.29, 0.717) is 6.42 Å². The zero-order valence-electron chi connectivity index (χ0n) is 22.1. The average molecular weight is 521 g/mol. The normalized spacial score (nSPS) is 34.6. The number of aromatic nitrogens is 1. The minimum Gasteiger partial charge on any atom is -0.458 e. The lowest BCUT2D eigenvalue weighted by Crippen LogP contribution is -2.45. The van der Waals surface area contributed by atoms with Gasteiger partial charge in [-0.25, -0.2) is 4.98 Å². The highest BCUT2D eigenvalue weighted by molar-refractivity contribution is 7.09. The van der Waals surface area contributed by atoms with Crippen molar-refractivity contribution in [2.24, 2.45) is 17.3 Å². The highest BCUT2D eigenvalue weighted by Crippen LogP contribution is 2.38. The minimum atomic E-state index is -1.26. The summed E-state index contributed by atoms with van der Waals surface area (Å²) in [4.78, 5) is 44.1. The maximum absolute atomic E-state index is 13.2. The van der Waals surface area contributed by atoms with Crippen LogP contribution in [0, 0.1) is 24.2 Å². The fraction of sp³-hybridized carbons (Fsp3) is 0.704. The maximum Gasteiger partial charge on any atom is 0.309 e. The van der Waals surface area contributed by atoms with Crippen LogP contribution in [0.3, 0.4) is 0 Å². The van der Waals surface area contributed by atoms with Crippen LogP contribution in [0.5, 0.6) is 0 Å². The zero-order valence-corrected chi connectivity index (χ0v) is 23.0. The number of cyclic esters (lactones) is 1. The van der Waals surface area contributed by atoms with E-state index in [1.165, 1.54) is 11.3 Å². The largest absolute Gasteiger partial charge is 0.458 e. The third-order valence-corrected chi connectivity index (χ3v) is 8.78. The van der Waals surface area contributed by atoms with E-state index in [1.807, 2.05) is 32.2 Å². The molecule has 2 aliphatic heterocycles. The van der Waals surface area contributed by atoms with Crippen LogP contribution in [-0.2, 0) is 19.1 Å². The summed E-state index contributed by atoms with van der Waals surface area (Å²) in [6, 6.07) is 0.00895. The second-order valence-corrected chi connectivity index (χ2v) is 12.1. The standard InChI is InChI=1S/C27H40N2O6S/c1-15-8-7-9-20-21(29(20)14-30)11-22(16(2)10-19-13-36-18(4)28-19)35-24(32)12-23(31)27(5,6)26(34)17(3)25(15)33/h10,13-15,17,20-23,25,31,33H,7-9,11-12H2,1-6H3/t15-,17+,20+,21-,22-,23-,25-,29?/m0/s1. The van der Waals surface area contributed by atoms with Gasteiger partial charge in [-0.2, -0.15) is 0 Å². The summed E-state index contributed by atoms with van der Waals surface area (Å²) in [5.74, 6) is -1.70. The lowest BCUT2D eigenvalue weighted by Gasteiger charge is -2.34. The molecule has 0 bridgehead atoms. The molecule has 0 aromatic carbocycles. The van der Waals surface area contributed by atoms with Crippen LogP contribution in [0.25, 0.3) is 6.08 Å². The van der Waals surface area contributed by atoms with Crippen molar-refractivity contribution in [1.29, 1.82) is 0 Å². The quantitative estimate of drug-likeness (QED) is 0.356. The number of amides is 1. The van der Waals surface area contributed by atoms with Gasteiger partial charge in [0.05, 0.1) is 46.8 Å². The number of hydrogen-bond donors (Lipinski definition) is 2. The Morgan fingerprint density at radius 2 is 1.92 bits per heavy atom. The van der Waals surface area contributed by atoms with E-state index in [2.05, 4.69) is 4.98 Å². The molecule has 7 atom stereocenters. The molecular weight excluding hydrogens is 480 g/mol.